The molecule has 0 spiro atoms. The lowest BCUT2D eigenvalue weighted by Gasteiger charge is -2.22. The molecule has 0 atom stereocenters. The molecule has 20 heavy (non-hydrogen) atoms. The van der Waals surface area contributed by atoms with Gasteiger partial charge in [0.1, 0.15) is 11.5 Å². The smallest absolute Gasteiger partial charge is 0.271 e. The Morgan fingerprint density at radius 3 is 2.40 bits per heavy atom. The minimum Gasteiger partial charge on any atom is -0.369 e. The summed E-state index contributed by atoms with van der Waals surface area (Å²) in [7, 11) is -3.26. The summed E-state index contributed by atoms with van der Waals surface area (Å²) < 4.78 is 22.0. The summed E-state index contributed by atoms with van der Waals surface area (Å²) in [6.45, 7) is 5.77. The first-order valence-corrected chi connectivity index (χ1v) is 8.10. The highest BCUT2D eigenvalue weighted by Crippen LogP contribution is 2.13. The maximum absolute atomic E-state index is 11.9. The number of carbonyl (C=O) groups is 1. The molecule has 1 aromatic rings. The summed E-state index contributed by atoms with van der Waals surface area (Å²) in [6, 6.07) is 0. The van der Waals surface area contributed by atoms with Crippen molar-refractivity contribution in [1.82, 2.24) is 15.3 Å². The van der Waals surface area contributed by atoms with Gasteiger partial charge in [-0.1, -0.05) is 0 Å². The van der Waals surface area contributed by atoms with Crippen molar-refractivity contribution in [3.05, 3.63) is 18.1 Å². The molecule has 0 aliphatic carbocycles. The molecule has 0 saturated carbocycles. The zero-order valence-corrected chi connectivity index (χ0v) is 12.9. The minimum atomic E-state index is -3.26. The van der Waals surface area contributed by atoms with Gasteiger partial charge in [-0.2, -0.15) is 0 Å². The van der Waals surface area contributed by atoms with E-state index in [-0.39, 0.29) is 12.2 Å². The molecule has 1 rings (SSSR count). The van der Waals surface area contributed by atoms with Crippen LogP contribution in [0.4, 0.5) is 5.82 Å². The summed E-state index contributed by atoms with van der Waals surface area (Å²) in [5.41, 5.74) is 0.149. The largest absolute Gasteiger partial charge is 0.369 e. The van der Waals surface area contributed by atoms with Crippen LogP contribution in [0.5, 0.6) is 0 Å². The molecule has 0 aliphatic heterocycles. The van der Waals surface area contributed by atoms with E-state index >= 15 is 0 Å². The number of nitrogens with zero attached hydrogens (tertiary/aromatic N) is 2. The van der Waals surface area contributed by atoms with E-state index in [1.165, 1.54) is 12.4 Å². The van der Waals surface area contributed by atoms with Gasteiger partial charge in [0, 0.05) is 19.3 Å². The number of hydrogen-bond donors (Lipinski definition) is 2. The van der Waals surface area contributed by atoms with Gasteiger partial charge in [-0.05, 0) is 20.8 Å². The molecule has 0 aliphatic rings. The molecule has 0 unspecified atom stereocenters. The van der Waals surface area contributed by atoms with E-state index in [0.29, 0.717) is 12.4 Å². The Hall–Kier alpha value is -1.70. The average molecular weight is 300 g/mol. The maximum atomic E-state index is 11.9. The van der Waals surface area contributed by atoms with Crippen molar-refractivity contribution in [1.29, 1.82) is 0 Å². The molecular formula is C12H20N4O3S. The maximum Gasteiger partial charge on any atom is 0.271 e. The molecule has 0 radical (unpaired) electrons. The van der Waals surface area contributed by atoms with E-state index < -0.39 is 20.5 Å². The average Bonchev–Trinajstić information content (AvgIpc) is 2.36. The Labute approximate surface area is 119 Å². The van der Waals surface area contributed by atoms with E-state index in [0.717, 1.165) is 6.26 Å². The normalized spacial score (nSPS) is 12.0. The Bertz CT molecular complexity index is 567. The highest BCUT2D eigenvalue weighted by Gasteiger charge is 2.30. The molecular weight excluding hydrogens is 280 g/mol. The van der Waals surface area contributed by atoms with Crippen molar-refractivity contribution in [2.45, 2.75) is 25.5 Å². The summed E-state index contributed by atoms with van der Waals surface area (Å²) in [5.74, 6) is 0.137. The van der Waals surface area contributed by atoms with Crippen LogP contribution in [0, 0.1) is 0 Å². The fraction of sp³-hybridized carbons (Fsp3) is 0.583. The van der Waals surface area contributed by atoms with Crippen LogP contribution in [0.2, 0.25) is 0 Å². The van der Waals surface area contributed by atoms with Crippen molar-refractivity contribution >= 4 is 21.6 Å². The van der Waals surface area contributed by atoms with Crippen LogP contribution >= 0.6 is 0 Å². The first-order chi connectivity index (χ1) is 9.17. The number of amides is 1. The third-order valence-electron chi connectivity index (χ3n) is 2.92. The number of nitrogens with one attached hydrogen (secondary N) is 2. The first kappa shape index (κ1) is 16.4. The molecule has 112 valence electrons. The molecule has 0 saturated heterocycles. The molecule has 1 aromatic heterocycles. The Morgan fingerprint density at radius 2 is 1.95 bits per heavy atom. The summed E-state index contributed by atoms with van der Waals surface area (Å²) in [5, 5.41) is 5.52. The third-order valence-corrected chi connectivity index (χ3v) is 5.07. The van der Waals surface area contributed by atoms with Crippen molar-refractivity contribution in [3.63, 3.8) is 0 Å². The Kier molecular flexibility index (Phi) is 5.04. The predicted molar refractivity (Wildman–Crippen MR) is 77.5 cm³/mol. The number of anilines is 1. The van der Waals surface area contributed by atoms with E-state index in [4.69, 9.17) is 0 Å². The molecule has 1 heterocycles. The highest BCUT2D eigenvalue weighted by molar-refractivity contribution is 7.92. The third kappa shape index (κ3) is 4.16. The zero-order chi connectivity index (χ0) is 15.4. The zero-order valence-electron chi connectivity index (χ0n) is 12.1. The van der Waals surface area contributed by atoms with Gasteiger partial charge in [0.05, 0.1) is 17.1 Å². The summed E-state index contributed by atoms with van der Waals surface area (Å²) in [4.78, 5) is 19.9. The van der Waals surface area contributed by atoms with E-state index in [2.05, 4.69) is 20.6 Å². The summed E-state index contributed by atoms with van der Waals surface area (Å²) in [6.07, 6.45) is 3.95. The van der Waals surface area contributed by atoms with Crippen LogP contribution in [-0.4, -0.2) is 48.4 Å². The minimum absolute atomic E-state index is 0.0152. The van der Waals surface area contributed by atoms with Gasteiger partial charge in [-0.15, -0.1) is 0 Å². The van der Waals surface area contributed by atoms with Crippen molar-refractivity contribution in [2.75, 3.05) is 24.7 Å². The van der Waals surface area contributed by atoms with Crippen molar-refractivity contribution in [3.8, 4) is 0 Å². The van der Waals surface area contributed by atoms with Crippen LogP contribution in [-0.2, 0) is 9.84 Å². The molecule has 2 N–H and O–H groups in total. The lowest BCUT2D eigenvalue weighted by atomic mass is 10.2. The van der Waals surface area contributed by atoms with Crippen LogP contribution < -0.4 is 10.6 Å². The topological polar surface area (TPSA) is 101 Å². The van der Waals surface area contributed by atoms with Gasteiger partial charge in [0.15, 0.2) is 9.84 Å². The number of rotatable bonds is 6. The van der Waals surface area contributed by atoms with Gasteiger partial charge < -0.3 is 10.6 Å². The van der Waals surface area contributed by atoms with Gasteiger partial charge in [0.25, 0.3) is 5.91 Å². The van der Waals surface area contributed by atoms with Crippen LogP contribution in [0.1, 0.15) is 31.3 Å². The second kappa shape index (κ2) is 6.17. The molecule has 0 bridgehead atoms. The van der Waals surface area contributed by atoms with Gasteiger partial charge in [0.2, 0.25) is 0 Å². The Morgan fingerprint density at radius 1 is 1.30 bits per heavy atom. The van der Waals surface area contributed by atoms with Crippen LogP contribution in [0.15, 0.2) is 12.4 Å². The standard InChI is InChI=1S/C12H20N4O3S/c1-5-13-10-7-14-9(6-15-10)11(17)16-8-12(2,3)20(4,18)19/h6-7H,5,8H2,1-4H3,(H,13,15)(H,16,17). The summed E-state index contributed by atoms with van der Waals surface area (Å²) >= 11 is 0. The fourth-order valence-corrected chi connectivity index (χ4v) is 1.57. The van der Waals surface area contributed by atoms with Crippen LogP contribution in [0.25, 0.3) is 0 Å². The lowest BCUT2D eigenvalue weighted by Crippen LogP contribution is -2.43. The fourth-order valence-electron chi connectivity index (χ4n) is 1.23. The lowest BCUT2D eigenvalue weighted by molar-refractivity contribution is 0.0945. The monoisotopic (exact) mass is 300 g/mol. The van der Waals surface area contributed by atoms with Crippen LogP contribution in [0.3, 0.4) is 0 Å². The second-order valence-electron chi connectivity index (χ2n) is 5.03. The highest BCUT2D eigenvalue weighted by atomic mass is 32.2. The van der Waals surface area contributed by atoms with E-state index in [1.54, 1.807) is 13.8 Å². The second-order valence-corrected chi connectivity index (χ2v) is 7.68. The van der Waals surface area contributed by atoms with E-state index in [9.17, 15) is 13.2 Å². The molecule has 0 aromatic carbocycles. The van der Waals surface area contributed by atoms with Crippen molar-refractivity contribution < 1.29 is 13.2 Å². The van der Waals surface area contributed by atoms with Gasteiger partial charge in [-0.25, -0.2) is 18.4 Å². The Balaban J connectivity index is 2.68. The number of sulfone groups is 1. The first-order valence-electron chi connectivity index (χ1n) is 6.21. The number of hydrogen-bond acceptors (Lipinski definition) is 6. The van der Waals surface area contributed by atoms with Gasteiger partial charge in [-0.3, -0.25) is 4.79 Å². The number of aromatic nitrogens is 2. The molecule has 0 fully saturated rings. The van der Waals surface area contributed by atoms with E-state index in [1.807, 2.05) is 6.92 Å². The molecule has 7 nitrogen and oxygen atoms in total. The number of carbonyl (C=O) groups excluding carboxylic acids is 1. The SMILES string of the molecule is CCNc1cnc(C(=O)NCC(C)(C)S(C)(=O)=O)cn1. The van der Waals surface area contributed by atoms with Gasteiger partial charge >= 0.3 is 0 Å². The predicted octanol–water partition coefficient (Wildman–Crippen LogP) is 0.461. The molecule has 8 heteroatoms. The van der Waals surface area contributed by atoms with Crippen molar-refractivity contribution in [2.24, 2.45) is 0 Å². The quantitative estimate of drug-likeness (QED) is 0.791. The molecule has 1 amide bonds.